The second kappa shape index (κ2) is 7.37. The predicted octanol–water partition coefficient (Wildman–Crippen LogP) is 1.09. The molecule has 1 aliphatic heterocycles. The molecule has 1 aromatic rings. The van der Waals surface area contributed by atoms with Crippen LogP contribution in [-0.4, -0.2) is 46.6 Å². The molecule has 1 N–H and O–H groups in total. The second-order valence-corrected chi connectivity index (χ2v) is 5.23. The van der Waals surface area contributed by atoms with Crippen molar-refractivity contribution in [3.05, 3.63) is 29.8 Å². The molecule has 124 valence electrons. The van der Waals surface area contributed by atoms with Crippen LogP contribution in [-0.2, 0) is 14.4 Å². The van der Waals surface area contributed by atoms with E-state index >= 15 is 0 Å². The lowest BCUT2D eigenvalue weighted by Crippen LogP contribution is -2.39. The summed E-state index contributed by atoms with van der Waals surface area (Å²) in [6, 6.07) is 7.37. The first-order valence-corrected chi connectivity index (χ1v) is 7.45. The monoisotopic (exact) mass is 328 g/mol. The molecule has 0 aromatic heterocycles. The van der Waals surface area contributed by atoms with E-state index in [0.717, 1.165) is 11.3 Å². The standard InChI is InChI=1S/C16H16N4O4/c1-2-3-7-19-14(22)15(23)20(16(19)24)10-13(21)18-12-6-4-5-11(8-12)9-17/h4-6,8H,2-3,7,10H2,1H3,(H,18,21). The molecule has 0 bridgehead atoms. The Morgan fingerprint density at radius 2 is 1.92 bits per heavy atom. The molecule has 0 radical (unpaired) electrons. The fourth-order valence-corrected chi connectivity index (χ4v) is 2.21. The van der Waals surface area contributed by atoms with E-state index in [9.17, 15) is 19.2 Å². The van der Waals surface area contributed by atoms with E-state index in [1.165, 1.54) is 6.07 Å². The average Bonchev–Trinajstić information content (AvgIpc) is 2.77. The van der Waals surface area contributed by atoms with E-state index in [1.807, 2.05) is 13.0 Å². The van der Waals surface area contributed by atoms with Gasteiger partial charge in [0, 0.05) is 12.2 Å². The van der Waals surface area contributed by atoms with Gasteiger partial charge in [-0.1, -0.05) is 19.4 Å². The number of rotatable bonds is 6. The van der Waals surface area contributed by atoms with Crippen molar-refractivity contribution >= 4 is 29.4 Å². The van der Waals surface area contributed by atoms with Gasteiger partial charge < -0.3 is 5.32 Å². The maximum Gasteiger partial charge on any atom is 0.334 e. The summed E-state index contributed by atoms with van der Waals surface area (Å²) < 4.78 is 0. The van der Waals surface area contributed by atoms with Crippen molar-refractivity contribution in [1.29, 1.82) is 5.26 Å². The van der Waals surface area contributed by atoms with E-state index < -0.39 is 30.3 Å². The number of nitrogens with one attached hydrogen (secondary N) is 1. The molecule has 8 nitrogen and oxygen atoms in total. The number of carbonyl (C=O) groups excluding carboxylic acids is 4. The first-order chi connectivity index (χ1) is 11.5. The first-order valence-electron chi connectivity index (χ1n) is 7.45. The minimum atomic E-state index is -1.00. The van der Waals surface area contributed by atoms with Gasteiger partial charge in [0.2, 0.25) is 5.91 Å². The maximum absolute atomic E-state index is 12.1. The number of urea groups is 1. The third-order valence-electron chi connectivity index (χ3n) is 3.45. The lowest BCUT2D eigenvalue weighted by atomic mass is 10.2. The topological polar surface area (TPSA) is 111 Å². The minimum absolute atomic E-state index is 0.155. The van der Waals surface area contributed by atoms with Crippen LogP contribution in [0.1, 0.15) is 25.3 Å². The lowest BCUT2D eigenvalue weighted by molar-refractivity contribution is -0.143. The van der Waals surface area contributed by atoms with Gasteiger partial charge in [-0.25, -0.2) is 9.69 Å². The van der Waals surface area contributed by atoms with Crippen LogP contribution in [0.5, 0.6) is 0 Å². The van der Waals surface area contributed by atoms with Crippen molar-refractivity contribution in [2.24, 2.45) is 0 Å². The fourth-order valence-electron chi connectivity index (χ4n) is 2.21. The predicted molar refractivity (Wildman–Crippen MR) is 83.5 cm³/mol. The smallest absolute Gasteiger partial charge is 0.324 e. The summed E-state index contributed by atoms with van der Waals surface area (Å²) in [7, 11) is 0. The molecule has 0 aliphatic carbocycles. The van der Waals surface area contributed by atoms with E-state index in [0.29, 0.717) is 22.6 Å². The van der Waals surface area contributed by atoms with Crippen LogP contribution >= 0.6 is 0 Å². The van der Waals surface area contributed by atoms with Gasteiger partial charge in [-0.05, 0) is 24.6 Å². The van der Waals surface area contributed by atoms with Crippen LogP contribution in [0.4, 0.5) is 10.5 Å². The van der Waals surface area contributed by atoms with E-state index in [4.69, 9.17) is 5.26 Å². The van der Waals surface area contributed by atoms with Gasteiger partial charge >= 0.3 is 17.8 Å². The number of anilines is 1. The van der Waals surface area contributed by atoms with Crippen LogP contribution in [0, 0.1) is 11.3 Å². The summed E-state index contributed by atoms with van der Waals surface area (Å²) in [4.78, 5) is 49.3. The Labute approximate surface area is 138 Å². The Balaban J connectivity index is 2.03. The number of nitriles is 1. The van der Waals surface area contributed by atoms with Crippen molar-refractivity contribution in [2.45, 2.75) is 19.8 Å². The summed E-state index contributed by atoms with van der Waals surface area (Å²) in [5.74, 6) is -2.54. The van der Waals surface area contributed by atoms with Gasteiger partial charge in [-0.3, -0.25) is 19.3 Å². The van der Waals surface area contributed by atoms with Gasteiger partial charge in [0.25, 0.3) is 0 Å². The SMILES string of the molecule is CCCCN1C(=O)C(=O)N(CC(=O)Nc2cccc(C#N)c2)C1=O. The number of unbranched alkanes of at least 4 members (excludes halogenated alkanes) is 1. The number of imide groups is 2. The van der Waals surface area contributed by atoms with Gasteiger partial charge in [0.1, 0.15) is 6.54 Å². The fraction of sp³-hybridized carbons (Fsp3) is 0.312. The molecule has 1 heterocycles. The lowest BCUT2D eigenvalue weighted by Gasteiger charge is -2.15. The van der Waals surface area contributed by atoms with Crippen molar-refractivity contribution in [3.63, 3.8) is 0 Å². The van der Waals surface area contributed by atoms with Gasteiger partial charge in [-0.15, -0.1) is 0 Å². The Hall–Kier alpha value is -3.21. The molecule has 1 saturated heterocycles. The quantitative estimate of drug-likeness (QED) is 0.621. The first kappa shape index (κ1) is 17.1. The van der Waals surface area contributed by atoms with Crippen LogP contribution in [0.2, 0.25) is 0 Å². The highest BCUT2D eigenvalue weighted by Gasteiger charge is 2.44. The summed E-state index contributed by atoms with van der Waals surface area (Å²) in [6.07, 6.45) is 1.35. The largest absolute Gasteiger partial charge is 0.334 e. The van der Waals surface area contributed by atoms with E-state index in [1.54, 1.807) is 18.2 Å². The third kappa shape index (κ3) is 3.57. The van der Waals surface area contributed by atoms with Crippen molar-refractivity contribution in [3.8, 4) is 6.07 Å². The normalized spacial score (nSPS) is 14.1. The minimum Gasteiger partial charge on any atom is -0.324 e. The van der Waals surface area contributed by atoms with Gasteiger partial charge in [-0.2, -0.15) is 5.26 Å². The zero-order valence-corrected chi connectivity index (χ0v) is 13.1. The molecular formula is C16H16N4O4. The molecule has 0 atom stereocenters. The number of hydrogen-bond donors (Lipinski definition) is 1. The Kier molecular flexibility index (Phi) is 5.27. The summed E-state index contributed by atoms with van der Waals surface area (Å²) in [5, 5.41) is 11.3. The third-order valence-corrected chi connectivity index (χ3v) is 3.45. The van der Waals surface area contributed by atoms with Crippen LogP contribution in [0.15, 0.2) is 24.3 Å². The van der Waals surface area contributed by atoms with Crippen molar-refractivity contribution < 1.29 is 19.2 Å². The molecule has 0 unspecified atom stereocenters. The van der Waals surface area contributed by atoms with E-state index in [-0.39, 0.29) is 6.54 Å². The highest BCUT2D eigenvalue weighted by Crippen LogP contribution is 2.14. The zero-order valence-electron chi connectivity index (χ0n) is 13.1. The summed E-state index contributed by atoms with van der Waals surface area (Å²) >= 11 is 0. The van der Waals surface area contributed by atoms with Crippen LogP contribution in [0.3, 0.4) is 0 Å². The van der Waals surface area contributed by atoms with Gasteiger partial charge in [0.05, 0.1) is 11.6 Å². The Morgan fingerprint density at radius 3 is 2.58 bits per heavy atom. The number of carbonyl (C=O) groups is 4. The molecule has 2 rings (SSSR count). The molecule has 0 spiro atoms. The highest BCUT2D eigenvalue weighted by atomic mass is 16.2. The Bertz CT molecular complexity index is 738. The highest BCUT2D eigenvalue weighted by molar-refractivity contribution is 6.45. The van der Waals surface area contributed by atoms with Gasteiger partial charge in [0.15, 0.2) is 0 Å². The summed E-state index contributed by atoms with van der Waals surface area (Å²) in [6.45, 7) is 1.50. The molecular weight excluding hydrogens is 312 g/mol. The van der Waals surface area contributed by atoms with Crippen LogP contribution < -0.4 is 5.32 Å². The Morgan fingerprint density at radius 1 is 1.21 bits per heavy atom. The zero-order chi connectivity index (χ0) is 17.7. The molecule has 0 saturated carbocycles. The molecule has 1 fully saturated rings. The van der Waals surface area contributed by atoms with Crippen LogP contribution in [0.25, 0.3) is 0 Å². The van der Waals surface area contributed by atoms with E-state index in [2.05, 4.69) is 5.32 Å². The summed E-state index contributed by atoms with van der Waals surface area (Å²) in [5.41, 5.74) is 0.731. The molecule has 5 amide bonds. The molecule has 8 heteroatoms. The number of hydrogen-bond acceptors (Lipinski definition) is 5. The average molecular weight is 328 g/mol. The molecule has 1 aromatic carbocycles. The maximum atomic E-state index is 12.1. The number of benzene rings is 1. The second-order valence-electron chi connectivity index (χ2n) is 5.23. The van der Waals surface area contributed by atoms with Crippen molar-refractivity contribution in [1.82, 2.24) is 9.80 Å². The molecule has 24 heavy (non-hydrogen) atoms. The molecule has 1 aliphatic rings. The van der Waals surface area contributed by atoms with Crippen molar-refractivity contribution in [2.75, 3.05) is 18.4 Å². The number of amides is 5. The number of nitrogens with zero attached hydrogens (tertiary/aromatic N) is 3.